The first-order valence-corrected chi connectivity index (χ1v) is 7.54. The van der Waals surface area contributed by atoms with Gasteiger partial charge in [0.15, 0.2) is 0 Å². The number of anilines is 1. The van der Waals surface area contributed by atoms with Crippen molar-refractivity contribution in [2.75, 3.05) is 31.1 Å². The number of aliphatic hydroxyl groups is 1. The maximum absolute atomic E-state index is 9.18. The molecule has 0 spiro atoms. The predicted molar refractivity (Wildman–Crippen MR) is 78.8 cm³/mol. The maximum Gasteiger partial charge on any atom is 0.0696 e. The lowest BCUT2D eigenvalue weighted by atomic mass is 10.1. The summed E-state index contributed by atoms with van der Waals surface area (Å²) in [5.74, 6) is 0. The zero-order valence-corrected chi connectivity index (χ0v) is 11.9. The maximum atomic E-state index is 9.18. The second kappa shape index (κ2) is 5.70. The molecule has 2 heterocycles. The van der Waals surface area contributed by atoms with Crippen LogP contribution in [0.1, 0.15) is 24.8 Å². The number of hydrogen-bond donors (Lipinski definition) is 1. The summed E-state index contributed by atoms with van der Waals surface area (Å²) in [7, 11) is 0. The van der Waals surface area contributed by atoms with E-state index in [1.807, 2.05) is 12.1 Å². The standard InChI is InChI=1S/C15H21ClN2O/c16-15-9-13(5-4-12(15)11-19)18-8-2-7-17-6-1-3-14(17)10-18/h4-5,9,14,19H,1-3,6-8,10-11H2. The van der Waals surface area contributed by atoms with E-state index in [9.17, 15) is 5.11 Å². The van der Waals surface area contributed by atoms with E-state index in [0.29, 0.717) is 11.1 Å². The summed E-state index contributed by atoms with van der Waals surface area (Å²) in [6, 6.07) is 6.73. The predicted octanol–water partition coefficient (Wildman–Crippen LogP) is 2.51. The van der Waals surface area contributed by atoms with Crippen LogP contribution in [-0.2, 0) is 6.61 Å². The van der Waals surface area contributed by atoms with Gasteiger partial charge in [0.2, 0.25) is 0 Å². The molecule has 4 heteroatoms. The number of benzene rings is 1. The lowest BCUT2D eigenvalue weighted by Gasteiger charge is -2.27. The van der Waals surface area contributed by atoms with Gasteiger partial charge in [0.05, 0.1) is 6.61 Å². The van der Waals surface area contributed by atoms with Gasteiger partial charge >= 0.3 is 0 Å². The first-order chi connectivity index (χ1) is 9.28. The molecule has 1 aromatic carbocycles. The molecule has 0 saturated carbocycles. The molecule has 0 aliphatic carbocycles. The lowest BCUT2D eigenvalue weighted by Crippen LogP contribution is -2.36. The van der Waals surface area contributed by atoms with Gasteiger partial charge in [0.25, 0.3) is 0 Å². The smallest absolute Gasteiger partial charge is 0.0696 e. The minimum Gasteiger partial charge on any atom is -0.392 e. The number of halogens is 1. The Morgan fingerprint density at radius 3 is 2.84 bits per heavy atom. The summed E-state index contributed by atoms with van der Waals surface area (Å²) in [5.41, 5.74) is 2.00. The Morgan fingerprint density at radius 2 is 2.05 bits per heavy atom. The fourth-order valence-electron chi connectivity index (χ4n) is 3.30. The Kier molecular flexibility index (Phi) is 3.96. The van der Waals surface area contributed by atoms with Crippen LogP contribution in [0.2, 0.25) is 5.02 Å². The van der Waals surface area contributed by atoms with E-state index in [4.69, 9.17) is 11.6 Å². The van der Waals surface area contributed by atoms with Crippen LogP contribution in [0, 0.1) is 0 Å². The Hall–Kier alpha value is -0.770. The van der Waals surface area contributed by atoms with Crippen LogP contribution < -0.4 is 4.90 Å². The normalized spacial score (nSPS) is 24.3. The van der Waals surface area contributed by atoms with E-state index < -0.39 is 0 Å². The van der Waals surface area contributed by atoms with Gasteiger partial charge in [0, 0.05) is 36.4 Å². The van der Waals surface area contributed by atoms with Crippen molar-refractivity contribution in [3.8, 4) is 0 Å². The van der Waals surface area contributed by atoms with Crippen molar-refractivity contribution >= 4 is 17.3 Å². The fourth-order valence-corrected chi connectivity index (χ4v) is 3.54. The van der Waals surface area contributed by atoms with E-state index >= 15 is 0 Å². The topological polar surface area (TPSA) is 26.7 Å². The van der Waals surface area contributed by atoms with Gasteiger partial charge in [-0.15, -0.1) is 0 Å². The molecule has 0 aromatic heterocycles. The number of aliphatic hydroxyl groups excluding tert-OH is 1. The van der Waals surface area contributed by atoms with Crippen molar-refractivity contribution in [1.29, 1.82) is 0 Å². The Labute approximate surface area is 119 Å². The SMILES string of the molecule is OCc1ccc(N2CCCN3CCCC3C2)cc1Cl. The summed E-state index contributed by atoms with van der Waals surface area (Å²) >= 11 is 6.20. The third-order valence-electron chi connectivity index (χ3n) is 4.38. The molecule has 2 aliphatic rings. The van der Waals surface area contributed by atoms with Gasteiger partial charge in [-0.2, -0.15) is 0 Å². The molecular formula is C15H21ClN2O. The van der Waals surface area contributed by atoms with Crippen LogP contribution in [0.3, 0.4) is 0 Å². The first kappa shape index (κ1) is 13.2. The molecule has 1 N–H and O–H groups in total. The van der Waals surface area contributed by atoms with E-state index in [1.165, 1.54) is 38.0 Å². The molecule has 2 aliphatic heterocycles. The molecule has 2 fully saturated rings. The van der Waals surface area contributed by atoms with Gasteiger partial charge in [-0.05, 0) is 43.5 Å². The first-order valence-electron chi connectivity index (χ1n) is 7.16. The molecule has 2 saturated heterocycles. The van der Waals surface area contributed by atoms with Gasteiger partial charge in [-0.1, -0.05) is 17.7 Å². The summed E-state index contributed by atoms with van der Waals surface area (Å²) in [6.07, 6.45) is 3.87. The summed E-state index contributed by atoms with van der Waals surface area (Å²) in [6.45, 7) is 4.71. The van der Waals surface area contributed by atoms with Gasteiger partial charge < -0.3 is 10.0 Å². The van der Waals surface area contributed by atoms with Crippen LogP contribution >= 0.6 is 11.6 Å². The van der Waals surface area contributed by atoms with Gasteiger partial charge in [-0.3, -0.25) is 4.90 Å². The average Bonchev–Trinajstić information content (AvgIpc) is 2.76. The minimum atomic E-state index is 0.00944. The zero-order chi connectivity index (χ0) is 13.2. The summed E-state index contributed by atoms with van der Waals surface area (Å²) < 4.78 is 0. The third kappa shape index (κ3) is 2.73. The third-order valence-corrected chi connectivity index (χ3v) is 4.73. The second-order valence-electron chi connectivity index (χ2n) is 5.57. The highest BCUT2D eigenvalue weighted by atomic mass is 35.5. The molecule has 104 valence electrons. The zero-order valence-electron chi connectivity index (χ0n) is 11.2. The lowest BCUT2D eigenvalue weighted by molar-refractivity contribution is 0.273. The average molecular weight is 281 g/mol. The van der Waals surface area contributed by atoms with Crippen molar-refractivity contribution in [2.45, 2.75) is 31.9 Å². The van der Waals surface area contributed by atoms with E-state index in [1.54, 1.807) is 0 Å². The number of nitrogens with zero attached hydrogens (tertiary/aromatic N) is 2. The summed E-state index contributed by atoms with van der Waals surface area (Å²) in [4.78, 5) is 5.08. The second-order valence-corrected chi connectivity index (χ2v) is 5.97. The molecular weight excluding hydrogens is 260 g/mol. The van der Waals surface area contributed by atoms with E-state index in [0.717, 1.165) is 18.7 Å². The molecule has 0 amide bonds. The van der Waals surface area contributed by atoms with Crippen LogP contribution in [0.15, 0.2) is 18.2 Å². The highest BCUT2D eigenvalue weighted by Gasteiger charge is 2.28. The number of hydrogen-bond acceptors (Lipinski definition) is 3. The minimum absolute atomic E-state index is 0.00944. The van der Waals surface area contributed by atoms with Gasteiger partial charge in [-0.25, -0.2) is 0 Å². The Bertz CT molecular complexity index is 452. The fraction of sp³-hybridized carbons (Fsp3) is 0.600. The molecule has 3 rings (SSSR count). The van der Waals surface area contributed by atoms with Crippen LogP contribution in [0.25, 0.3) is 0 Å². The molecule has 1 unspecified atom stereocenters. The van der Waals surface area contributed by atoms with E-state index in [2.05, 4.69) is 15.9 Å². The Morgan fingerprint density at radius 1 is 1.21 bits per heavy atom. The molecule has 1 atom stereocenters. The molecule has 0 radical (unpaired) electrons. The van der Waals surface area contributed by atoms with E-state index in [-0.39, 0.29) is 6.61 Å². The van der Waals surface area contributed by atoms with Crippen molar-refractivity contribution in [3.05, 3.63) is 28.8 Å². The van der Waals surface area contributed by atoms with Crippen molar-refractivity contribution in [2.24, 2.45) is 0 Å². The molecule has 3 nitrogen and oxygen atoms in total. The number of fused-ring (bicyclic) bond motifs is 1. The van der Waals surface area contributed by atoms with Crippen LogP contribution in [0.4, 0.5) is 5.69 Å². The quantitative estimate of drug-likeness (QED) is 0.902. The van der Waals surface area contributed by atoms with Crippen molar-refractivity contribution in [3.63, 3.8) is 0 Å². The highest BCUT2D eigenvalue weighted by molar-refractivity contribution is 6.31. The monoisotopic (exact) mass is 280 g/mol. The van der Waals surface area contributed by atoms with Crippen molar-refractivity contribution in [1.82, 2.24) is 4.90 Å². The van der Waals surface area contributed by atoms with Crippen LogP contribution in [-0.4, -0.2) is 42.2 Å². The Balaban J connectivity index is 1.79. The van der Waals surface area contributed by atoms with Gasteiger partial charge in [0.1, 0.15) is 0 Å². The van der Waals surface area contributed by atoms with Crippen molar-refractivity contribution < 1.29 is 5.11 Å². The molecule has 1 aromatic rings. The molecule has 19 heavy (non-hydrogen) atoms. The molecule has 0 bridgehead atoms. The summed E-state index contributed by atoms with van der Waals surface area (Å²) in [5, 5.41) is 9.86. The largest absolute Gasteiger partial charge is 0.392 e. The number of rotatable bonds is 2. The van der Waals surface area contributed by atoms with Crippen LogP contribution in [0.5, 0.6) is 0 Å². The highest BCUT2D eigenvalue weighted by Crippen LogP contribution is 2.28.